The van der Waals surface area contributed by atoms with Gasteiger partial charge in [-0.2, -0.15) is 11.8 Å². The van der Waals surface area contributed by atoms with Crippen LogP contribution >= 0.6 is 11.8 Å². The highest BCUT2D eigenvalue weighted by Crippen LogP contribution is 2.46. The molecule has 0 bridgehead atoms. The Bertz CT molecular complexity index is 446. The van der Waals surface area contributed by atoms with Gasteiger partial charge >= 0.3 is 0 Å². The molecular formula is C14H18N2S. The first kappa shape index (κ1) is 10.3. The first-order valence-corrected chi connectivity index (χ1v) is 7.77. The van der Waals surface area contributed by atoms with Crippen LogP contribution in [0.2, 0.25) is 0 Å². The Morgan fingerprint density at radius 3 is 3.35 bits per heavy atom. The summed E-state index contributed by atoms with van der Waals surface area (Å²) < 4.78 is 0. The zero-order valence-corrected chi connectivity index (χ0v) is 10.8. The highest BCUT2D eigenvalue weighted by atomic mass is 32.2. The van der Waals surface area contributed by atoms with Crippen LogP contribution in [0, 0.1) is 0 Å². The molecule has 1 N–H and O–H groups in total. The number of hydrogen-bond donors (Lipinski definition) is 1. The van der Waals surface area contributed by atoms with Crippen LogP contribution in [-0.4, -0.2) is 31.4 Å². The highest BCUT2D eigenvalue weighted by molar-refractivity contribution is 7.98. The number of para-hydroxylation sites is 1. The summed E-state index contributed by atoms with van der Waals surface area (Å²) in [5.74, 6) is 3.22. The molecule has 0 aromatic heterocycles. The lowest BCUT2D eigenvalue weighted by Gasteiger charge is -2.33. The van der Waals surface area contributed by atoms with Crippen LogP contribution in [0.5, 0.6) is 0 Å². The average molecular weight is 246 g/mol. The van der Waals surface area contributed by atoms with Crippen molar-refractivity contribution in [2.75, 3.05) is 30.3 Å². The molecular weight excluding hydrogens is 228 g/mol. The van der Waals surface area contributed by atoms with Gasteiger partial charge in [-0.1, -0.05) is 18.2 Å². The van der Waals surface area contributed by atoms with Gasteiger partial charge in [-0.15, -0.1) is 0 Å². The van der Waals surface area contributed by atoms with Gasteiger partial charge in [0.25, 0.3) is 0 Å². The van der Waals surface area contributed by atoms with Crippen molar-refractivity contribution < 1.29 is 0 Å². The van der Waals surface area contributed by atoms with Crippen LogP contribution in [0.1, 0.15) is 23.5 Å². The van der Waals surface area contributed by atoms with Crippen molar-refractivity contribution in [3.05, 3.63) is 29.3 Å². The molecule has 17 heavy (non-hydrogen) atoms. The molecule has 4 rings (SSSR count). The third-order valence-corrected chi connectivity index (χ3v) is 5.40. The summed E-state index contributed by atoms with van der Waals surface area (Å²) in [6.45, 7) is 3.61. The normalized spacial score (nSPS) is 30.7. The van der Waals surface area contributed by atoms with Gasteiger partial charge in [0.05, 0.1) is 0 Å². The Hall–Kier alpha value is -0.670. The zero-order valence-electron chi connectivity index (χ0n) is 9.98. The van der Waals surface area contributed by atoms with Gasteiger partial charge in [0.1, 0.15) is 0 Å². The van der Waals surface area contributed by atoms with Gasteiger partial charge < -0.3 is 10.2 Å². The van der Waals surface area contributed by atoms with Crippen molar-refractivity contribution in [1.29, 1.82) is 0 Å². The molecule has 1 aromatic rings. The molecule has 0 unspecified atom stereocenters. The van der Waals surface area contributed by atoms with E-state index in [1.807, 2.05) is 0 Å². The number of nitrogens with one attached hydrogen (secondary N) is 1. The largest absolute Gasteiger partial charge is 0.367 e. The molecule has 90 valence electrons. The number of piperidine rings is 1. The fraction of sp³-hybridized carbons (Fsp3) is 0.571. The minimum absolute atomic E-state index is 0.738. The van der Waals surface area contributed by atoms with Crippen molar-refractivity contribution in [2.24, 2.45) is 0 Å². The zero-order chi connectivity index (χ0) is 11.2. The molecule has 0 amide bonds. The van der Waals surface area contributed by atoms with Gasteiger partial charge in [-0.05, 0) is 24.1 Å². The average Bonchev–Trinajstić information content (AvgIpc) is 2.56. The van der Waals surface area contributed by atoms with E-state index in [0.717, 1.165) is 12.0 Å². The van der Waals surface area contributed by atoms with E-state index >= 15 is 0 Å². The Labute approximate surface area is 107 Å². The standard InChI is InChI=1S/C14H18N2S/c1-2-10-9-17-7-6-16-13-4-5-15-8-12(13)11(3-1)14(10)16/h1-3,12-13,15H,4-9H2/t12-,13-/m1/s1. The summed E-state index contributed by atoms with van der Waals surface area (Å²) in [6, 6.07) is 7.72. The van der Waals surface area contributed by atoms with Gasteiger partial charge in [0.2, 0.25) is 0 Å². The third kappa shape index (κ3) is 1.45. The minimum atomic E-state index is 0.738. The molecule has 3 aliphatic heterocycles. The maximum atomic E-state index is 3.57. The number of thioether (sulfide) groups is 1. The minimum Gasteiger partial charge on any atom is -0.367 e. The second-order valence-electron chi connectivity index (χ2n) is 5.27. The molecule has 3 heteroatoms. The van der Waals surface area contributed by atoms with E-state index in [1.165, 1.54) is 37.6 Å². The number of anilines is 1. The van der Waals surface area contributed by atoms with E-state index in [4.69, 9.17) is 0 Å². The lowest BCUT2D eigenvalue weighted by atomic mass is 9.90. The van der Waals surface area contributed by atoms with Gasteiger partial charge in [0, 0.05) is 42.2 Å². The van der Waals surface area contributed by atoms with Gasteiger partial charge in [-0.25, -0.2) is 0 Å². The maximum absolute atomic E-state index is 3.57. The second kappa shape index (κ2) is 3.92. The van der Waals surface area contributed by atoms with Crippen molar-refractivity contribution >= 4 is 17.4 Å². The molecule has 1 saturated heterocycles. The molecule has 0 aliphatic carbocycles. The van der Waals surface area contributed by atoms with Gasteiger partial charge in [0.15, 0.2) is 0 Å². The lowest BCUT2D eigenvalue weighted by Crippen LogP contribution is -2.44. The predicted molar refractivity (Wildman–Crippen MR) is 74.0 cm³/mol. The summed E-state index contributed by atoms with van der Waals surface area (Å²) in [7, 11) is 0. The van der Waals surface area contributed by atoms with E-state index in [9.17, 15) is 0 Å². The van der Waals surface area contributed by atoms with E-state index in [2.05, 4.69) is 40.2 Å². The highest BCUT2D eigenvalue weighted by Gasteiger charge is 2.41. The SMILES string of the molecule is c1cc2c3c(c1)[C@H]1CNCC[C@H]1N3CCSC2. The number of benzene rings is 1. The molecule has 3 aliphatic rings. The fourth-order valence-electron chi connectivity index (χ4n) is 3.70. The van der Waals surface area contributed by atoms with E-state index in [-0.39, 0.29) is 0 Å². The maximum Gasteiger partial charge on any atom is 0.0446 e. The van der Waals surface area contributed by atoms with Crippen LogP contribution in [0.25, 0.3) is 0 Å². The van der Waals surface area contributed by atoms with Crippen LogP contribution in [0.15, 0.2) is 18.2 Å². The predicted octanol–water partition coefficient (Wildman–Crippen LogP) is 2.20. The Morgan fingerprint density at radius 2 is 2.35 bits per heavy atom. The molecule has 2 atom stereocenters. The number of rotatable bonds is 0. The summed E-state index contributed by atoms with van der Waals surface area (Å²) in [4.78, 5) is 2.72. The molecule has 2 nitrogen and oxygen atoms in total. The second-order valence-corrected chi connectivity index (χ2v) is 6.37. The van der Waals surface area contributed by atoms with Gasteiger partial charge in [-0.3, -0.25) is 0 Å². The Balaban J connectivity index is 1.87. The van der Waals surface area contributed by atoms with E-state index in [0.29, 0.717) is 0 Å². The number of hydrogen-bond acceptors (Lipinski definition) is 3. The van der Waals surface area contributed by atoms with Crippen LogP contribution in [-0.2, 0) is 5.75 Å². The topological polar surface area (TPSA) is 15.3 Å². The van der Waals surface area contributed by atoms with Crippen molar-refractivity contribution in [2.45, 2.75) is 24.1 Å². The summed E-state index contributed by atoms with van der Waals surface area (Å²) in [5.41, 5.74) is 4.78. The molecule has 1 aromatic carbocycles. The summed E-state index contributed by atoms with van der Waals surface area (Å²) in [5, 5.41) is 3.57. The fourth-order valence-corrected chi connectivity index (χ4v) is 4.62. The first-order chi connectivity index (χ1) is 8.45. The van der Waals surface area contributed by atoms with E-state index < -0.39 is 0 Å². The Kier molecular flexibility index (Phi) is 2.37. The third-order valence-electron chi connectivity index (χ3n) is 4.42. The quantitative estimate of drug-likeness (QED) is 0.755. The summed E-state index contributed by atoms with van der Waals surface area (Å²) in [6.07, 6.45) is 1.31. The molecule has 1 fully saturated rings. The molecule has 0 radical (unpaired) electrons. The molecule has 3 heterocycles. The number of nitrogens with zero attached hydrogens (tertiary/aromatic N) is 1. The Morgan fingerprint density at radius 1 is 1.35 bits per heavy atom. The van der Waals surface area contributed by atoms with Crippen LogP contribution in [0.4, 0.5) is 5.69 Å². The smallest absolute Gasteiger partial charge is 0.0446 e. The monoisotopic (exact) mass is 246 g/mol. The van der Waals surface area contributed by atoms with Crippen molar-refractivity contribution in [3.8, 4) is 0 Å². The number of fused-ring (bicyclic) bond motifs is 3. The first-order valence-electron chi connectivity index (χ1n) is 6.62. The molecule has 0 saturated carbocycles. The summed E-state index contributed by atoms with van der Waals surface area (Å²) >= 11 is 2.09. The van der Waals surface area contributed by atoms with Crippen LogP contribution in [0.3, 0.4) is 0 Å². The van der Waals surface area contributed by atoms with Crippen LogP contribution < -0.4 is 10.2 Å². The molecule has 0 spiro atoms. The lowest BCUT2D eigenvalue weighted by molar-refractivity contribution is 0.406. The van der Waals surface area contributed by atoms with Crippen molar-refractivity contribution in [1.82, 2.24) is 5.32 Å². The van der Waals surface area contributed by atoms with Crippen molar-refractivity contribution in [3.63, 3.8) is 0 Å². The van der Waals surface area contributed by atoms with E-state index in [1.54, 1.807) is 16.8 Å².